The Kier molecular flexibility index (Phi) is 8.00. The molecular weight excluding hydrogens is 464 g/mol. The molecule has 0 heterocycles. The number of carbonyl (C=O) groups excluding carboxylic acids is 2. The molecule has 0 aromatic heterocycles. The molecule has 1 atom stereocenters. The highest BCUT2D eigenvalue weighted by Gasteiger charge is 2.42. The SMILES string of the molecule is CSCC[C@H](NC(=O)OCC1c2ccccc2-c2ccccc21)C(=O)NCC1(C(=O)O)CCCC1. The van der Waals surface area contributed by atoms with Gasteiger partial charge in [-0.25, -0.2) is 4.79 Å². The molecular formula is C27H32N2O5S. The predicted octanol–water partition coefficient (Wildman–Crippen LogP) is 4.41. The summed E-state index contributed by atoms with van der Waals surface area (Å²) < 4.78 is 5.61. The molecule has 2 aromatic carbocycles. The van der Waals surface area contributed by atoms with Crippen molar-refractivity contribution in [3.63, 3.8) is 0 Å². The number of alkyl carbamates (subject to hydrolysis) is 1. The molecule has 2 aliphatic carbocycles. The zero-order valence-corrected chi connectivity index (χ0v) is 20.7. The first kappa shape index (κ1) is 25.1. The fraction of sp³-hybridized carbons (Fsp3) is 0.444. The first-order valence-electron chi connectivity index (χ1n) is 12.1. The molecule has 0 unspecified atom stereocenters. The number of ether oxygens (including phenoxy) is 1. The third kappa shape index (κ3) is 5.48. The van der Waals surface area contributed by atoms with E-state index in [1.54, 1.807) is 11.8 Å². The molecule has 0 saturated heterocycles. The van der Waals surface area contributed by atoms with E-state index < -0.39 is 23.5 Å². The summed E-state index contributed by atoms with van der Waals surface area (Å²) >= 11 is 1.57. The molecule has 0 aliphatic heterocycles. The topological polar surface area (TPSA) is 105 Å². The molecule has 186 valence electrons. The van der Waals surface area contributed by atoms with Crippen molar-refractivity contribution in [1.29, 1.82) is 0 Å². The Morgan fingerprint density at radius 2 is 1.66 bits per heavy atom. The second kappa shape index (κ2) is 11.2. The van der Waals surface area contributed by atoms with Crippen LogP contribution in [-0.4, -0.2) is 54.3 Å². The van der Waals surface area contributed by atoms with Gasteiger partial charge in [-0.05, 0) is 53.5 Å². The number of carboxylic acid groups (broad SMARTS) is 1. The summed E-state index contributed by atoms with van der Waals surface area (Å²) in [6.45, 7) is 0.238. The summed E-state index contributed by atoms with van der Waals surface area (Å²) in [6, 6.07) is 15.4. The van der Waals surface area contributed by atoms with Crippen molar-refractivity contribution in [2.24, 2.45) is 5.41 Å². The van der Waals surface area contributed by atoms with E-state index >= 15 is 0 Å². The molecule has 1 fully saturated rings. The van der Waals surface area contributed by atoms with Crippen LogP contribution in [0.25, 0.3) is 11.1 Å². The van der Waals surface area contributed by atoms with E-state index in [1.807, 2.05) is 30.5 Å². The maximum Gasteiger partial charge on any atom is 0.407 e. The van der Waals surface area contributed by atoms with Gasteiger partial charge in [0.15, 0.2) is 0 Å². The van der Waals surface area contributed by atoms with Crippen molar-refractivity contribution in [2.75, 3.05) is 25.2 Å². The average Bonchev–Trinajstić information content (AvgIpc) is 3.48. The lowest BCUT2D eigenvalue weighted by Crippen LogP contribution is -2.50. The van der Waals surface area contributed by atoms with E-state index in [1.165, 1.54) is 0 Å². The lowest BCUT2D eigenvalue weighted by Gasteiger charge is -2.26. The van der Waals surface area contributed by atoms with E-state index in [0.29, 0.717) is 25.0 Å². The standard InChI is InChI=1S/C27H32N2O5S/c1-35-15-12-23(24(30)28-17-27(25(31)32)13-6-7-14-27)29-26(33)34-16-22-20-10-4-2-8-18(20)19-9-3-5-11-21(19)22/h2-5,8-11,22-23H,6-7,12-17H2,1H3,(H,28,30)(H,29,33)(H,31,32)/t23-/m0/s1. The van der Waals surface area contributed by atoms with Gasteiger partial charge in [0.1, 0.15) is 12.6 Å². The van der Waals surface area contributed by atoms with Crippen LogP contribution in [0.15, 0.2) is 48.5 Å². The molecule has 3 N–H and O–H groups in total. The van der Waals surface area contributed by atoms with Crippen LogP contribution in [0, 0.1) is 5.41 Å². The summed E-state index contributed by atoms with van der Waals surface area (Å²) in [4.78, 5) is 37.4. The van der Waals surface area contributed by atoms with Gasteiger partial charge in [0.2, 0.25) is 5.91 Å². The molecule has 2 aliphatic rings. The minimum absolute atomic E-state index is 0.0654. The van der Waals surface area contributed by atoms with Gasteiger partial charge in [0.05, 0.1) is 5.41 Å². The van der Waals surface area contributed by atoms with Crippen molar-refractivity contribution in [3.05, 3.63) is 59.7 Å². The zero-order valence-electron chi connectivity index (χ0n) is 19.9. The van der Waals surface area contributed by atoms with Crippen LogP contribution in [0.5, 0.6) is 0 Å². The number of hydrogen-bond acceptors (Lipinski definition) is 5. The average molecular weight is 497 g/mol. The van der Waals surface area contributed by atoms with Crippen LogP contribution in [0.1, 0.15) is 49.1 Å². The van der Waals surface area contributed by atoms with Crippen molar-refractivity contribution < 1.29 is 24.2 Å². The van der Waals surface area contributed by atoms with Crippen LogP contribution in [-0.2, 0) is 14.3 Å². The smallest absolute Gasteiger partial charge is 0.407 e. The van der Waals surface area contributed by atoms with Crippen molar-refractivity contribution in [3.8, 4) is 11.1 Å². The third-order valence-corrected chi connectivity index (χ3v) is 7.82. The van der Waals surface area contributed by atoms with Crippen molar-refractivity contribution in [1.82, 2.24) is 10.6 Å². The van der Waals surface area contributed by atoms with Gasteiger partial charge >= 0.3 is 12.1 Å². The van der Waals surface area contributed by atoms with Crippen LogP contribution in [0.4, 0.5) is 4.79 Å². The fourth-order valence-electron chi connectivity index (χ4n) is 5.18. The van der Waals surface area contributed by atoms with Crippen molar-refractivity contribution in [2.45, 2.75) is 44.1 Å². The number of rotatable bonds is 10. The predicted molar refractivity (Wildman–Crippen MR) is 137 cm³/mol. The fourth-order valence-corrected chi connectivity index (χ4v) is 5.66. The Hall–Kier alpha value is -3.00. The first-order chi connectivity index (χ1) is 16.9. The Morgan fingerprint density at radius 1 is 1.06 bits per heavy atom. The molecule has 4 rings (SSSR count). The molecule has 35 heavy (non-hydrogen) atoms. The third-order valence-electron chi connectivity index (χ3n) is 7.18. The lowest BCUT2D eigenvalue weighted by atomic mass is 9.86. The number of thioether (sulfide) groups is 1. The highest BCUT2D eigenvalue weighted by atomic mass is 32.2. The minimum atomic E-state index is -0.913. The Labute approximate surface area is 210 Å². The second-order valence-electron chi connectivity index (χ2n) is 9.31. The van der Waals surface area contributed by atoms with Crippen LogP contribution >= 0.6 is 11.8 Å². The number of fused-ring (bicyclic) bond motifs is 3. The van der Waals surface area contributed by atoms with Crippen LogP contribution in [0.2, 0.25) is 0 Å². The van der Waals surface area contributed by atoms with Crippen LogP contribution in [0.3, 0.4) is 0 Å². The van der Waals surface area contributed by atoms with Gasteiger partial charge in [-0.1, -0.05) is 61.4 Å². The molecule has 0 spiro atoms. The number of hydrogen-bond donors (Lipinski definition) is 3. The van der Waals surface area contributed by atoms with Gasteiger partial charge in [0, 0.05) is 12.5 Å². The largest absolute Gasteiger partial charge is 0.481 e. The van der Waals surface area contributed by atoms with Gasteiger partial charge < -0.3 is 20.5 Å². The van der Waals surface area contributed by atoms with Crippen LogP contribution < -0.4 is 10.6 Å². The molecule has 7 nitrogen and oxygen atoms in total. The number of benzene rings is 2. The molecule has 2 amide bonds. The maximum absolute atomic E-state index is 12.9. The Bertz CT molecular complexity index is 1040. The second-order valence-corrected chi connectivity index (χ2v) is 10.3. The summed E-state index contributed by atoms with van der Waals surface area (Å²) in [5.74, 6) is -0.642. The monoisotopic (exact) mass is 496 g/mol. The molecule has 0 radical (unpaired) electrons. The molecule has 2 aromatic rings. The zero-order chi connectivity index (χ0) is 24.8. The van der Waals surface area contributed by atoms with Gasteiger partial charge in [-0.2, -0.15) is 11.8 Å². The number of carboxylic acids is 1. The summed E-state index contributed by atoms with van der Waals surface area (Å²) in [5, 5.41) is 15.2. The number of aliphatic carboxylic acids is 1. The molecule has 0 bridgehead atoms. The maximum atomic E-state index is 12.9. The highest BCUT2D eigenvalue weighted by molar-refractivity contribution is 7.98. The van der Waals surface area contributed by atoms with E-state index in [4.69, 9.17) is 4.74 Å². The van der Waals surface area contributed by atoms with Gasteiger partial charge in [-0.3, -0.25) is 9.59 Å². The van der Waals surface area contributed by atoms with E-state index in [-0.39, 0.29) is 25.0 Å². The van der Waals surface area contributed by atoms with E-state index in [0.717, 1.165) is 35.1 Å². The van der Waals surface area contributed by atoms with E-state index in [9.17, 15) is 19.5 Å². The van der Waals surface area contributed by atoms with Crippen molar-refractivity contribution >= 4 is 29.7 Å². The lowest BCUT2D eigenvalue weighted by molar-refractivity contribution is -0.148. The molecule has 8 heteroatoms. The normalized spacial score (nSPS) is 16.7. The number of amides is 2. The highest BCUT2D eigenvalue weighted by Crippen LogP contribution is 2.44. The quantitative estimate of drug-likeness (QED) is 0.450. The Balaban J connectivity index is 1.37. The Morgan fingerprint density at radius 3 is 2.23 bits per heavy atom. The summed E-state index contributed by atoms with van der Waals surface area (Å²) in [6.07, 6.45) is 4.50. The van der Waals surface area contributed by atoms with Gasteiger partial charge in [-0.15, -0.1) is 0 Å². The minimum Gasteiger partial charge on any atom is -0.481 e. The van der Waals surface area contributed by atoms with E-state index in [2.05, 4.69) is 34.9 Å². The summed E-state index contributed by atoms with van der Waals surface area (Å²) in [5.41, 5.74) is 3.62. The number of carbonyl (C=O) groups is 3. The first-order valence-corrected chi connectivity index (χ1v) is 13.5. The molecule has 1 saturated carbocycles. The summed E-state index contributed by atoms with van der Waals surface area (Å²) in [7, 11) is 0. The number of nitrogens with one attached hydrogen (secondary N) is 2. The van der Waals surface area contributed by atoms with Gasteiger partial charge in [0.25, 0.3) is 0 Å².